The molecular formula is C18H10O5. The van der Waals surface area contributed by atoms with Crippen molar-refractivity contribution >= 4 is 21.9 Å². The number of fused-ring (bicyclic) bond motifs is 3. The smallest absolute Gasteiger partial charge is 0.351 e. The molecule has 2 aromatic heterocycles. The van der Waals surface area contributed by atoms with Crippen molar-refractivity contribution in [2.45, 2.75) is 0 Å². The average molecular weight is 306 g/mol. The number of benzene rings is 2. The molecule has 0 bridgehead atoms. The summed E-state index contributed by atoms with van der Waals surface area (Å²) in [5.74, 6) is -0.429. The van der Waals surface area contributed by atoms with Crippen molar-refractivity contribution in [2.24, 2.45) is 0 Å². The van der Waals surface area contributed by atoms with Gasteiger partial charge in [-0.05, 0) is 17.7 Å². The second-order valence-corrected chi connectivity index (χ2v) is 5.07. The van der Waals surface area contributed by atoms with E-state index in [4.69, 9.17) is 8.83 Å². The second-order valence-electron chi connectivity index (χ2n) is 5.07. The summed E-state index contributed by atoms with van der Waals surface area (Å²) in [7, 11) is 0. The van der Waals surface area contributed by atoms with Crippen LogP contribution in [0.1, 0.15) is 0 Å². The van der Waals surface area contributed by atoms with Crippen LogP contribution in [0.5, 0.6) is 5.75 Å². The maximum absolute atomic E-state index is 12.4. The highest BCUT2D eigenvalue weighted by Crippen LogP contribution is 2.33. The fourth-order valence-corrected chi connectivity index (χ4v) is 2.66. The van der Waals surface area contributed by atoms with Crippen LogP contribution in [-0.4, -0.2) is 5.11 Å². The predicted molar refractivity (Wildman–Crippen MR) is 85.6 cm³/mol. The van der Waals surface area contributed by atoms with Crippen LogP contribution >= 0.6 is 0 Å². The molecule has 5 heteroatoms. The van der Waals surface area contributed by atoms with Gasteiger partial charge in [-0.25, -0.2) is 9.59 Å². The Bertz CT molecular complexity index is 1150. The summed E-state index contributed by atoms with van der Waals surface area (Å²) in [6, 6.07) is 15.2. The highest BCUT2D eigenvalue weighted by molar-refractivity contribution is 6.04. The van der Waals surface area contributed by atoms with E-state index in [1.165, 1.54) is 0 Å². The number of rotatable bonds is 1. The summed E-state index contributed by atoms with van der Waals surface area (Å²) in [6.07, 6.45) is 0. The van der Waals surface area contributed by atoms with Gasteiger partial charge < -0.3 is 13.9 Å². The molecule has 0 aliphatic heterocycles. The van der Waals surface area contributed by atoms with Gasteiger partial charge in [-0.15, -0.1) is 0 Å². The number of para-hydroxylation sites is 1. The van der Waals surface area contributed by atoms with Crippen LogP contribution in [0.4, 0.5) is 0 Å². The van der Waals surface area contributed by atoms with Crippen molar-refractivity contribution in [3.05, 3.63) is 75.4 Å². The third-order valence-corrected chi connectivity index (χ3v) is 3.70. The Kier molecular flexibility index (Phi) is 2.81. The summed E-state index contributed by atoms with van der Waals surface area (Å²) < 4.78 is 10.6. The molecule has 112 valence electrons. The largest absolute Gasteiger partial charge is 0.506 e. The van der Waals surface area contributed by atoms with Gasteiger partial charge in [-0.3, -0.25) is 0 Å². The minimum Gasteiger partial charge on any atom is -0.506 e. The van der Waals surface area contributed by atoms with Crippen molar-refractivity contribution in [3.8, 4) is 16.9 Å². The lowest BCUT2D eigenvalue weighted by Gasteiger charge is -2.07. The van der Waals surface area contributed by atoms with E-state index >= 15 is 0 Å². The zero-order valence-electron chi connectivity index (χ0n) is 11.8. The van der Waals surface area contributed by atoms with Crippen molar-refractivity contribution in [2.75, 3.05) is 0 Å². The molecule has 4 rings (SSSR count). The highest BCUT2D eigenvalue weighted by Gasteiger charge is 2.21. The molecule has 0 unspecified atom stereocenters. The standard InChI is InChI=1S/C18H10O5/c19-15-13(10-6-2-1-3-7-10)17(20)23-16-11-8-4-5-9-12(11)22-18(21)14(15)16/h1-9,19H. The van der Waals surface area contributed by atoms with Crippen molar-refractivity contribution in [1.29, 1.82) is 0 Å². The Balaban J connectivity index is 2.23. The van der Waals surface area contributed by atoms with Crippen LogP contribution < -0.4 is 11.3 Å². The Morgan fingerprint density at radius 2 is 1.48 bits per heavy atom. The summed E-state index contributed by atoms with van der Waals surface area (Å²) in [4.78, 5) is 24.6. The van der Waals surface area contributed by atoms with Gasteiger partial charge in [0.15, 0.2) is 5.58 Å². The van der Waals surface area contributed by atoms with E-state index in [9.17, 15) is 14.7 Å². The van der Waals surface area contributed by atoms with Crippen LogP contribution in [0, 0.1) is 0 Å². The lowest BCUT2D eigenvalue weighted by atomic mass is 10.0. The monoisotopic (exact) mass is 306 g/mol. The van der Waals surface area contributed by atoms with Gasteiger partial charge in [0.1, 0.15) is 22.3 Å². The molecule has 1 N–H and O–H groups in total. The summed E-state index contributed by atoms with van der Waals surface area (Å²) >= 11 is 0. The molecule has 0 atom stereocenters. The molecule has 0 spiro atoms. The SMILES string of the molecule is O=c1oc2c(c(O)c1-c1ccccc1)c(=O)oc1ccccc12. The molecule has 0 radical (unpaired) electrons. The van der Waals surface area contributed by atoms with E-state index in [0.717, 1.165) is 0 Å². The predicted octanol–water partition coefficient (Wildman–Crippen LogP) is 3.27. The third kappa shape index (κ3) is 1.94. The van der Waals surface area contributed by atoms with Gasteiger partial charge in [0.05, 0.1) is 5.39 Å². The molecule has 5 nitrogen and oxygen atoms in total. The van der Waals surface area contributed by atoms with Crippen LogP contribution in [0.15, 0.2) is 73.0 Å². The van der Waals surface area contributed by atoms with Gasteiger partial charge in [-0.1, -0.05) is 42.5 Å². The topological polar surface area (TPSA) is 80.6 Å². The molecule has 0 saturated carbocycles. The Hall–Kier alpha value is -3.34. The molecule has 4 aromatic rings. The second kappa shape index (κ2) is 4.84. The molecule has 0 fully saturated rings. The first kappa shape index (κ1) is 13.3. The maximum Gasteiger partial charge on any atom is 0.351 e. The van der Waals surface area contributed by atoms with E-state index in [2.05, 4.69) is 0 Å². The zero-order valence-corrected chi connectivity index (χ0v) is 11.8. The van der Waals surface area contributed by atoms with Crippen LogP contribution in [0.2, 0.25) is 0 Å². The van der Waals surface area contributed by atoms with Crippen LogP contribution in [0.3, 0.4) is 0 Å². The van der Waals surface area contributed by atoms with Gasteiger partial charge in [0.25, 0.3) is 0 Å². The lowest BCUT2D eigenvalue weighted by molar-refractivity contribution is 0.466. The first-order valence-electron chi connectivity index (χ1n) is 6.94. The van der Waals surface area contributed by atoms with E-state index in [1.54, 1.807) is 54.6 Å². The Morgan fingerprint density at radius 3 is 2.26 bits per heavy atom. The molecule has 23 heavy (non-hydrogen) atoms. The minimum absolute atomic E-state index is 0.0269. The fourth-order valence-electron chi connectivity index (χ4n) is 2.66. The first-order valence-corrected chi connectivity index (χ1v) is 6.94. The van der Waals surface area contributed by atoms with E-state index in [-0.39, 0.29) is 16.5 Å². The van der Waals surface area contributed by atoms with Gasteiger partial charge in [0, 0.05) is 0 Å². The van der Waals surface area contributed by atoms with Crippen molar-refractivity contribution < 1.29 is 13.9 Å². The van der Waals surface area contributed by atoms with Crippen molar-refractivity contribution in [1.82, 2.24) is 0 Å². The van der Waals surface area contributed by atoms with E-state index in [0.29, 0.717) is 16.5 Å². The summed E-state index contributed by atoms with van der Waals surface area (Å²) in [5.41, 5.74) is -0.734. The average Bonchev–Trinajstić information content (AvgIpc) is 2.55. The molecule has 0 saturated heterocycles. The van der Waals surface area contributed by atoms with E-state index < -0.39 is 17.0 Å². The Labute approximate surface area is 129 Å². The van der Waals surface area contributed by atoms with E-state index in [1.807, 2.05) is 0 Å². The highest BCUT2D eigenvalue weighted by atomic mass is 16.4. The molecule has 0 aliphatic carbocycles. The van der Waals surface area contributed by atoms with Crippen molar-refractivity contribution in [3.63, 3.8) is 0 Å². The molecule has 0 aliphatic rings. The van der Waals surface area contributed by atoms with Gasteiger partial charge in [0.2, 0.25) is 0 Å². The number of hydrogen-bond acceptors (Lipinski definition) is 5. The van der Waals surface area contributed by atoms with Gasteiger partial charge in [-0.2, -0.15) is 0 Å². The summed E-state index contributed by atoms with van der Waals surface area (Å²) in [6.45, 7) is 0. The lowest BCUT2D eigenvalue weighted by Crippen LogP contribution is -2.08. The first-order chi connectivity index (χ1) is 11.2. The third-order valence-electron chi connectivity index (χ3n) is 3.70. The maximum atomic E-state index is 12.4. The molecule has 2 aromatic carbocycles. The number of aromatic hydroxyl groups is 1. The normalized spacial score (nSPS) is 11.1. The van der Waals surface area contributed by atoms with Crippen LogP contribution in [-0.2, 0) is 0 Å². The molecule has 2 heterocycles. The molecule has 0 amide bonds. The number of hydrogen-bond donors (Lipinski definition) is 1. The minimum atomic E-state index is -0.753. The van der Waals surface area contributed by atoms with Crippen LogP contribution in [0.25, 0.3) is 33.1 Å². The van der Waals surface area contributed by atoms with Gasteiger partial charge >= 0.3 is 11.3 Å². The summed E-state index contributed by atoms with van der Waals surface area (Å²) in [5, 5.41) is 10.8. The fraction of sp³-hybridized carbons (Fsp3) is 0. The Morgan fingerprint density at radius 1 is 0.783 bits per heavy atom. The molecular weight excluding hydrogens is 296 g/mol. The quantitative estimate of drug-likeness (QED) is 0.431. The zero-order chi connectivity index (χ0) is 16.0.